The molecule has 0 aromatic heterocycles. The molecule has 2 heterocycles. The molecule has 0 bridgehead atoms. The van der Waals surface area contributed by atoms with Gasteiger partial charge in [-0.25, -0.2) is 0 Å². The Kier molecular flexibility index (Phi) is 5.37. The zero-order valence-electron chi connectivity index (χ0n) is 12.3. The quantitative estimate of drug-likeness (QED) is 0.721. The van der Waals surface area contributed by atoms with Crippen LogP contribution >= 0.6 is 0 Å². The summed E-state index contributed by atoms with van der Waals surface area (Å²) >= 11 is 0. The van der Waals surface area contributed by atoms with Gasteiger partial charge in [-0.1, -0.05) is 0 Å². The summed E-state index contributed by atoms with van der Waals surface area (Å²) in [6.07, 6.45) is 3.86. The summed E-state index contributed by atoms with van der Waals surface area (Å²) in [5.74, 6) is -0.330. The molecule has 6 nitrogen and oxygen atoms in total. The Morgan fingerprint density at radius 3 is 2.65 bits per heavy atom. The van der Waals surface area contributed by atoms with Crippen LogP contribution in [0.4, 0.5) is 0 Å². The summed E-state index contributed by atoms with van der Waals surface area (Å²) in [5, 5.41) is 3.33. The molecule has 2 saturated heterocycles. The zero-order valence-corrected chi connectivity index (χ0v) is 12.3. The van der Waals surface area contributed by atoms with Gasteiger partial charge in [-0.3, -0.25) is 14.5 Å². The number of rotatable bonds is 4. The fraction of sp³-hybridized carbons (Fsp3) is 0.857. The fourth-order valence-electron chi connectivity index (χ4n) is 3.13. The molecular formula is C14H26N4O2. The van der Waals surface area contributed by atoms with Gasteiger partial charge in [-0.15, -0.1) is 0 Å². The summed E-state index contributed by atoms with van der Waals surface area (Å²) < 4.78 is 0. The fourth-order valence-corrected chi connectivity index (χ4v) is 3.13. The smallest absolute Gasteiger partial charge is 0.236 e. The maximum Gasteiger partial charge on any atom is 0.236 e. The molecule has 1 atom stereocenters. The van der Waals surface area contributed by atoms with E-state index in [1.54, 1.807) is 4.90 Å². The molecule has 0 aliphatic carbocycles. The van der Waals surface area contributed by atoms with Gasteiger partial charge in [0.2, 0.25) is 11.8 Å². The van der Waals surface area contributed by atoms with Crippen molar-refractivity contribution in [1.82, 2.24) is 15.1 Å². The molecule has 20 heavy (non-hydrogen) atoms. The molecule has 1 unspecified atom stereocenters. The molecule has 0 aromatic carbocycles. The van der Waals surface area contributed by atoms with Gasteiger partial charge in [-0.05, 0) is 45.8 Å². The number of likely N-dealkylation sites (tertiary alicyclic amines) is 1. The molecule has 2 amide bonds. The van der Waals surface area contributed by atoms with Crippen molar-refractivity contribution in [2.75, 3.05) is 39.8 Å². The first kappa shape index (κ1) is 15.3. The molecule has 2 fully saturated rings. The van der Waals surface area contributed by atoms with Crippen LogP contribution in [0, 0.1) is 5.92 Å². The Hall–Kier alpha value is -1.14. The second-order valence-corrected chi connectivity index (χ2v) is 5.98. The van der Waals surface area contributed by atoms with E-state index in [1.807, 2.05) is 7.05 Å². The number of nitrogens with two attached hydrogens (primary N) is 1. The van der Waals surface area contributed by atoms with E-state index in [2.05, 4.69) is 10.2 Å². The van der Waals surface area contributed by atoms with E-state index in [1.165, 1.54) is 0 Å². The van der Waals surface area contributed by atoms with Crippen LogP contribution < -0.4 is 11.1 Å². The van der Waals surface area contributed by atoms with Crippen LogP contribution in [-0.4, -0.2) is 67.4 Å². The summed E-state index contributed by atoms with van der Waals surface area (Å²) in [4.78, 5) is 27.5. The van der Waals surface area contributed by atoms with Crippen molar-refractivity contribution in [1.29, 1.82) is 0 Å². The number of primary amides is 1. The SMILES string of the molecule is CN(CC(=O)N1CCCC(C(N)=O)C1)C1CCNCC1. The average Bonchev–Trinajstić information content (AvgIpc) is 2.48. The van der Waals surface area contributed by atoms with Crippen LogP contribution in [0.1, 0.15) is 25.7 Å². The highest BCUT2D eigenvalue weighted by Gasteiger charge is 2.28. The summed E-state index contributed by atoms with van der Waals surface area (Å²) in [6.45, 7) is 3.74. The highest BCUT2D eigenvalue weighted by atomic mass is 16.2. The van der Waals surface area contributed by atoms with Crippen LogP contribution in [0.5, 0.6) is 0 Å². The standard InChI is InChI=1S/C14H26N4O2/c1-17(12-4-6-16-7-5-12)10-13(19)18-8-2-3-11(9-18)14(15)20/h11-12,16H,2-10H2,1H3,(H2,15,20). The van der Waals surface area contributed by atoms with E-state index in [-0.39, 0.29) is 17.7 Å². The molecule has 2 aliphatic rings. The highest BCUT2D eigenvalue weighted by Crippen LogP contribution is 2.17. The van der Waals surface area contributed by atoms with Crippen molar-refractivity contribution >= 4 is 11.8 Å². The molecule has 3 N–H and O–H groups in total. The lowest BCUT2D eigenvalue weighted by molar-refractivity contribution is -0.136. The first-order valence-corrected chi connectivity index (χ1v) is 7.56. The third kappa shape index (κ3) is 3.93. The van der Waals surface area contributed by atoms with E-state index in [0.29, 0.717) is 19.1 Å². The van der Waals surface area contributed by atoms with Gasteiger partial charge >= 0.3 is 0 Å². The molecule has 2 rings (SSSR count). The monoisotopic (exact) mass is 282 g/mol. The Morgan fingerprint density at radius 1 is 1.30 bits per heavy atom. The Bertz CT molecular complexity index is 355. The Balaban J connectivity index is 1.82. The van der Waals surface area contributed by atoms with Crippen LogP contribution in [0.25, 0.3) is 0 Å². The summed E-state index contributed by atoms with van der Waals surface area (Å²) in [6, 6.07) is 0.483. The number of hydrogen-bond acceptors (Lipinski definition) is 4. The molecule has 0 aromatic rings. The van der Waals surface area contributed by atoms with Gasteiger partial charge < -0.3 is 16.0 Å². The van der Waals surface area contributed by atoms with Crippen molar-refractivity contribution in [3.8, 4) is 0 Å². The number of likely N-dealkylation sites (N-methyl/N-ethyl adjacent to an activating group) is 1. The van der Waals surface area contributed by atoms with Crippen molar-refractivity contribution in [2.24, 2.45) is 11.7 Å². The second kappa shape index (κ2) is 7.04. The van der Waals surface area contributed by atoms with Gasteiger partial charge in [0.15, 0.2) is 0 Å². The van der Waals surface area contributed by atoms with Crippen LogP contribution in [-0.2, 0) is 9.59 Å². The minimum atomic E-state index is -0.283. The highest BCUT2D eigenvalue weighted by molar-refractivity contribution is 5.81. The van der Waals surface area contributed by atoms with Crippen molar-refractivity contribution < 1.29 is 9.59 Å². The number of carbonyl (C=O) groups is 2. The molecule has 0 spiro atoms. The minimum absolute atomic E-state index is 0.122. The van der Waals surface area contributed by atoms with Gasteiger partial charge in [0.1, 0.15) is 0 Å². The normalized spacial score (nSPS) is 24.9. The summed E-state index contributed by atoms with van der Waals surface area (Å²) in [5.41, 5.74) is 5.35. The van der Waals surface area contributed by atoms with Gasteiger partial charge in [0.25, 0.3) is 0 Å². The van der Waals surface area contributed by atoms with E-state index in [9.17, 15) is 9.59 Å². The van der Waals surface area contributed by atoms with Crippen molar-refractivity contribution in [3.63, 3.8) is 0 Å². The summed E-state index contributed by atoms with van der Waals surface area (Å²) in [7, 11) is 2.02. The average molecular weight is 282 g/mol. The molecule has 2 aliphatic heterocycles. The number of piperidine rings is 2. The number of nitrogens with one attached hydrogen (secondary N) is 1. The third-order valence-corrected chi connectivity index (χ3v) is 4.49. The predicted molar refractivity (Wildman–Crippen MR) is 77.0 cm³/mol. The van der Waals surface area contributed by atoms with Gasteiger partial charge in [0, 0.05) is 19.1 Å². The number of carbonyl (C=O) groups excluding carboxylic acids is 2. The number of nitrogens with zero attached hydrogens (tertiary/aromatic N) is 2. The lowest BCUT2D eigenvalue weighted by atomic mass is 9.97. The maximum absolute atomic E-state index is 12.3. The van der Waals surface area contributed by atoms with Crippen molar-refractivity contribution in [2.45, 2.75) is 31.7 Å². The van der Waals surface area contributed by atoms with Gasteiger partial charge in [0.05, 0.1) is 12.5 Å². The third-order valence-electron chi connectivity index (χ3n) is 4.49. The predicted octanol–water partition coefficient (Wildman–Crippen LogP) is -0.606. The lowest BCUT2D eigenvalue weighted by Gasteiger charge is -2.35. The van der Waals surface area contributed by atoms with Crippen molar-refractivity contribution in [3.05, 3.63) is 0 Å². The number of amides is 2. The largest absolute Gasteiger partial charge is 0.369 e. The van der Waals surface area contributed by atoms with E-state index in [0.717, 1.165) is 45.3 Å². The van der Waals surface area contributed by atoms with Crippen LogP contribution in [0.3, 0.4) is 0 Å². The van der Waals surface area contributed by atoms with Crippen LogP contribution in [0.15, 0.2) is 0 Å². The Morgan fingerprint density at radius 2 is 2.00 bits per heavy atom. The van der Waals surface area contributed by atoms with E-state index < -0.39 is 0 Å². The first-order valence-electron chi connectivity index (χ1n) is 7.56. The van der Waals surface area contributed by atoms with Gasteiger partial charge in [-0.2, -0.15) is 0 Å². The molecular weight excluding hydrogens is 256 g/mol. The zero-order chi connectivity index (χ0) is 14.5. The number of hydrogen-bond donors (Lipinski definition) is 2. The lowest BCUT2D eigenvalue weighted by Crippen LogP contribution is -2.49. The Labute approximate surface area is 120 Å². The molecule has 0 saturated carbocycles. The molecule has 114 valence electrons. The molecule has 0 radical (unpaired) electrons. The molecule has 6 heteroatoms. The van der Waals surface area contributed by atoms with E-state index >= 15 is 0 Å². The van der Waals surface area contributed by atoms with Crippen LogP contribution in [0.2, 0.25) is 0 Å². The second-order valence-electron chi connectivity index (χ2n) is 5.98. The topological polar surface area (TPSA) is 78.7 Å². The van der Waals surface area contributed by atoms with E-state index in [4.69, 9.17) is 5.73 Å². The maximum atomic E-state index is 12.3. The minimum Gasteiger partial charge on any atom is -0.369 e. The first-order chi connectivity index (χ1) is 9.58.